The molecule has 0 atom stereocenters. The molecule has 0 radical (unpaired) electrons. The van der Waals surface area contributed by atoms with Gasteiger partial charge in [0.1, 0.15) is 12.1 Å². The van der Waals surface area contributed by atoms with Gasteiger partial charge in [-0.1, -0.05) is 19.1 Å². The summed E-state index contributed by atoms with van der Waals surface area (Å²) >= 11 is 0. The second kappa shape index (κ2) is 7.89. The van der Waals surface area contributed by atoms with Crippen molar-refractivity contribution in [3.8, 4) is 22.3 Å². The van der Waals surface area contributed by atoms with Crippen LogP contribution >= 0.6 is 0 Å². The number of halogens is 1. The van der Waals surface area contributed by atoms with Crippen LogP contribution < -0.4 is 5.32 Å². The minimum Gasteiger partial charge on any atom is -0.347 e. The molecule has 0 saturated heterocycles. The molecule has 144 valence electrons. The zero-order valence-corrected chi connectivity index (χ0v) is 16.6. The van der Waals surface area contributed by atoms with E-state index in [9.17, 15) is 9.18 Å². The van der Waals surface area contributed by atoms with Crippen LogP contribution in [0, 0.1) is 5.82 Å². The van der Waals surface area contributed by atoms with E-state index in [1.807, 2.05) is 45.9 Å². The number of nitrogens with zero attached hydrogens (tertiary/aromatic N) is 2. The van der Waals surface area contributed by atoms with Gasteiger partial charge in [0, 0.05) is 22.9 Å². The largest absolute Gasteiger partial charge is 0.347 e. The molecular weight excluding hydrogens is 353 g/mol. The minimum atomic E-state index is -0.354. The Morgan fingerprint density at radius 1 is 1.04 bits per heavy atom. The van der Waals surface area contributed by atoms with Crippen LogP contribution in [0.5, 0.6) is 0 Å². The van der Waals surface area contributed by atoms with Gasteiger partial charge in [-0.3, -0.25) is 4.79 Å². The van der Waals surface area contributed by atoms with Crippen molar-refractivity contribution in [3.05, 3.63) is 72.1 Å². The summed E-state index contributed by atoms with van der Waals surface area (Å²) in [6.45, 7) is 7.85. The van der Waals surface area contributed by atoms with Crippen LogP contribution in [0.1, 0.15) is 43.7 Å². The molecular formula is C23H24FN3O. The van der Waals surface area contributed by atoms with Crippen molar-refractivity contribution in [2.24, 2.45) is 0 Å². The molecule has 3 aromatic rings. The molecule has 1 N–H and O–H groups in total. The lowest BCUT2D eigenvalue weighted by atomic mass is 9.95. The molecule has 4 nitrogen and oxygen atoms in total. The van der Waals surface area contributed by atoms with E-state index in [-0.39, 0.29) is 17.3 Å². The number of hydrogen-bond acceptors (Lipinski definition) is 3. The standard InChI is InChI=1S/C23H24FN3O/c1-5-21-20(13-25-14-26-21)17-10-16(15-6-8-19(24)9-7-15)11-18(12-17)22(28)27-23(2,3)4/h6-14H,5H2,1-4H3,(H,27,28). The SMILES string of the molecule is CCc1ncncc1-c1cc(C(=O)NC(C)(C)C)cc(-c2ccc(F)cc2)c1. The Labute approximate surface area is 164 Å². The fourth-order valence-corrected chi connectivity index (χ4v) is 3.01. The van der Waals surface area contributed by atoms with Crippen molar-refractivity contribution >= 4 is 5.91 Å². The van der Waals surface area contributed by atoms with Crippen LogP contribution in [0.2, 0.25) is 0 Å². The molecule has 0 aliphatic carbocycles. The maximum Gasteiger partial charge on any atom is 0.251 e. The summed E-state index contributed by atoms with van der Waals surface area (Å²) in [5, 5.41) is 3.00. The van der Waals surface area contributed by atoms with Gasteiger partial charge in [-0.2, -0.15) is 0 Å². The smallest absolute Gasteiger partial charge is 0.251 e. The fourth-order valence-electron chi connectivity index (χ4n) is 3.01. The van der Waals surface area contributed by atoms with Gasteiger partial charge in [-0.25, -0.2) is 14.4 Å². The van der Waals surface area contributed by atoms with Crippen molar-refractivity contribution in [1.82, 2.24) is 15.3 Å². The summed E-state index contributed by atoms with van der Waals surface area (Å²) in [4.78, 5) is 21.4. The second-order valence-corrected chi connectivity index (χ2v) is 7.75. The van der Waals surface area contributed by atoms with Gasteiger partial charge in [-0.05, 0) is 74.2 Å². The first kappa shape index (κ1) is 19.7. The first-order valence-electron chi connectivity index (χ1n) is 9.29. The van der Waals surface area contributed by atoms with Crippen molar-refractivity contribution in [2.45, 2.75) is 39.7 Å². The summed E-state index contributed by atoms with van der Waals surface area (Å²) in [6.07, 6.45) is 4.04. The van der Waals surface area contributed by atoms with Gasteiger partial charge < -0.3 is 5.32 Å². The van der Waals surface area contributed by atoms with Gasteiger partial charge in [0.25, 0.3) is 5.91 Å². The van der Waals surface area contributed by atoms with Crippen LogP contribution in [0.4, 0.5) is 4.39 Å². The Morgan fingerprint density at radius 3 is 2.36 bits per heavy atom. The Morgan fingerprint density at radius 2 is 1.71 bits per heavy atom. The molecule has 3 rings (SSSR count). The maximum atomic E-state index is 13.4. The lowest BCUT2D eigenvalue weighted by molar-refractivity contribution is 0.0919. The third-order valence-electron chi connectivity index (χ3n) is 4.30. The monoisotopic (exact) mass is 377 g/mol. The molecule has 0 spiro atoms. The first-order valence-corrected chi connectivity index (χ1v) is 9.29. The van der Waals surface area contributed by atoms with Crippen LogP contribution in [0.3, 0.4) is 0 Å². The normalized spacial score (nSPS) is 11.3. The van der Waals surface area contributed by atoms with E-state index in [1.54, 1.807) is 18.3 Å². The van der Waals surface area contributed by atoms with Gasteiger partial charge >= 0.3 is 0 Å². The molecule has 5 heteroatoms. The molecule has 0 unspecified atom stereocenters. The first-order chi connectivity index (χ1) is 13.3. The van der Waals surface area contributed by atoms with E-state index in [1.165, 1.54) is 18.5 Å². The summed E-state index contributed by atoms with van der Waals surface area (Å²) in [7, 11) is 0. The van der Waals surface area contributed by atoms with Crippen molar-refractivity contribution in [2.75, 3.05) is 0 Å². The molecule has 0 fully saturated rings. The summed E-state index contributed by atoms with van der Waals surface area (Å²) in [5.74, 6) is -0.456. The van der Waals surface area contributed by atoms with Crippen LogP contribution in [0.15, 0.2) is 55.0 Å². The lowest BCUT2D eigenvalue weighted by Gasteiger charge is -2.21. The number of benzene rings is 2. The molecule has 1 aromatic heterocycles. The van der Waals surface area contributed by atoms with Gasteiger partial charge in [0.2, 0.25) is 0 Å². The molecule has 1 heterocycles. The third kappa shape index (κ3) is 4.60. The Bertz CT molecular complexity index is 991. The number of aromatic nitrogens is 2. The topological polar surface area (TPSA) is 54.9 Å². The van der Waals surface area contributed by atoms with E-state index in [2.05, 4.69) is 15.3 Å². The summed E-state index contributed by atoms with van der Waals surface area (Å²) in [5.41, 5.74) is 4.52. The van der Waals surface area contributed by atoms with E-state index >= 15 is 0 Å². The number of amides is 1. The van der Waals surface area contributed by atoms with Crippen LogP contribution in [-0.4, -0.2) is 21.4 Å². The number of carbonyl (C=O) groups is 1. The predicted molar refractivity (Wildman–Crippen MR) is 109 cm³/mol. The second-order valence-electron chi connectivity index (χ2n) is 7.75. The van der Waals surface area contributed by atoms with Gasteiger partial charge in [0.15, 0.2) is 0 Å². The maximum absolute atomic E-state index is 13.4. The Hall–Kier alpha value is -3.08. The molecule has 0 bridgehead atoms. The Kier molecular flexibility index (Phi) is 5.54. The summed E-state index contributed by atoms with van der Waals surface area (Å²) in [6, 6.07) is 11.9. The molecule has 0 saturated carbocycles. The molecule has 28 heavy (non-hydrogen) atoms. The highest BCUT2D eigenvalue weighted by Gasteiger charge is 2.18. The van der Waals surface area contributed by atoms with Gasteiger partial charge in [-0.15, -0.1) is 0 Å². The van der Waals surface area contributed by atoms with Gasteiger partial charge in [0.05, 0.1) is 5.69 Å². The van der Waals surface area contributed by atoms with Crippen molar-refractivity contribution < 1.29 is 9.18 Å². The predicted octanol–water partition coefficient (Wildman–Crippen LogP) is 5.04. The average molecular weight is 377 g/mol. The van der Waals surface area contributed by atoms with E-state index in [0.717, 1.165) is 34.4 Å². The molecule has 1 amide bonds. The number of carbonyl (C=O) groups excluding carboxylic acids is 1. The zero-order chi connectivity index (χ0) is 20.3. The molecule has 0 aliphatic heterocycles. The minimum absolute atomic E-state index is 0.160. The van der Waals surface area contributed by atoms with Crippen LogP contribution in [-0.2, 0) is 6.42 Å². The molecule has 2 aromatic carbocycles. The molecule has 0 aliphatic rings. The summed E-state index contributed by atoms with van der Waals surface area (Å²) < 4.78 is 13.4. The highest BCUT2D eigenvalue weighted by molar-refractivity contribution is 5.97. The number of nitrogens with one attached hydrogen (secondary N) is 1. The van der Waals surface area contributed by atoms with Crippen molar-refractivity contribution in [1.29, 1.82) is 0 Å². The zero-order valence-electron chi connectivity index (χ0n) is 16.6. The quantitative estimate of drug-likeness (QED) is 0.693. The highest BCUT2D eigenvalue weighted by atomic mass is 19.1. The van der Waals surface area contributed by atoms with Crippen molar-refractivity contribution in [3.63, 3.8) is 0 Å². The van der Waals surface area contributed by atoms with E-state index < -0.39 is 0 Å². The Balaban J connectivity index is 2.16. The highest BCUT2D eigenvalue weighted by Crippen LogP contribution is 2.30. The average Bonchev–Trinajstić information content (AvgIpc) is 2.67. The lowest BCUT2D eigenvalue weighted by Crippen LogP contribution is -2.40. The number of hydrogen-bond donors (Lipinski definition) is 1. The van der Waals surface area contributed by atoms with Crippen LogP contribution in [0.25, 0.3) is 22.3 Å². The fraction of sp³-hybridized carbons (Fsp3) is 0.261. The van der Waals surface area contributed by atoms with E-state index in [0.29, 0.717) is 5.56 Å². The van der Waals surface area contributed by atoms with E-state index in [4.69, 9.17) is 0 Å². The third-order valence-corrected chi connectivity index (χ3v) is 4.30. The number of aryl methyl sites for hydroxylation is 1. The number of rotatable bonds is 4.